The van der Waals surface area contributed by atoms with Gasteiger partial charge in [0.25, 0.3) is 5.56 Å². The molecule has 3 rings (SSSR count). The van der Waals surface area contributed by atoms with Crippen LogP contribution in [0.5, 0.6) is 0 Å². The summed E-state index contributed by atoms with van der Waals surface area (Å²) in [5.41, 5.74) is 3.53. The molecule has 4 heteroatoms. The molecule has 128 valence electrons. The van der Waals surface area contributed by atoms with E-state index in [1.54, 1.807) is 16.7 Å². The fourth-order valence-corrected chi connectivity index (χ4v) is 4.41. The van der Waals surface area contributed by atoms with Crippen LogP contribution in [0.15, 0.2) is 47.4 Å². The van der Waals surface area contributed by atoms with Crippen LogP contribution in [-0.4, -0.2) is 12.9 Å². The molecule has 0 spiro atoms. The van der Waals surface area contributed by atoms with Crippen LogP contribution in [0.2, 0.25) is 18.1 Å². The van der Waals surface area contributed by atoms with Crippen molar-refractivity contribution >= 4 is 8.32 Å². The fraction of sp³-hybridized carbons (Fsp3) is 0.450. The van der Waals surface area contributed by atoms with Gasteiger partial charge < -0.3 is 4.43 Å². The molecule has 3 nitrogen and oxygen atoms in total. The molecule has 0 saturated heterocycles. The highest BCUT2D eigenvalue weighted by molar-refractivity contribution is 6.74. The third kappa shape index (κ3) is 3.00. The van der Waals surface area contributed by atoms with Crippen molar-refractivity contribution in [1.82, 2.24) is 4.57 Å². The number of nitrogens with zero attached hydrogens (tertiary/aromatic N) is 1. The number of benzene rings is 1. The summed E-state index contributed by atoms with van der Waals surface area (Å²) in [6.45, 7) is 11.4. The maximum absolute atomic E-state index is 12.2. The van der Waals surface area contributed by atoms with Gasteiger partial charge in [-0.25, -0.2) is 0 Å². The van der Waals surface area contributed by atoms with E-state index < -0.39 is 8.32 Å². The SMILES string of the molecule is CC(C)(C)[Si](C)(C)OC1CCc2c1cccc2-n1ccccc1=O. The topological polar surface area (TPSA) is 31.2 Å². The Morgan fingerprint density at radius 2 is 1.88 bits per heavy atom. The van der Waals surface area contributed by atoms with Crippen LogP contribution < -0.4 is 5.56 Å². The second-order valence-electron chi connectivity index (χ2n) is 8.16. The monoisotopic (exact) mass is 341 g/mol. The van der Waals surface area contributed by atoms with Gasteiger partial charge in [0.2, 0.25) is 0 Å². The minimum Gasteiger partial charge on any atom is -0.410 e. The van der Waals surface area contributed by atoms with E-state index in [0.717, 1.165) is 18.5 Å². The predicted molar refractivity (Wildman–Crippen MR) is 101 cm³/mol. The Morgan fingerprint density at radius 1 is 1.12 bits per heavy atom. The van der Waals surface area contributed by atoms with Crippen LogP contribution >= 0.6 is 0 Å². The Kier molecular flexibility index (Phi) is 4.30. The third-order valence-corrected chi connectivity index (χ3v) is 10.0. The van der Waals surface area contributed by atoms with Crippen molar-refractivity contribution in [2.24, 2.45) is 0 Å². The lowest BCUT2D eigenvalue weighted by Gasteiger charge is -2.38. The molecule has 1 heterocycles. The number of fused-ring (bicyclic) bond motifs is 1. The van der Waals surface area contributed by atoms with E-state index in [1.807, 2.05) is 24.4 Å². The van der Waals surface area contributed by atoms with Crippen molar-refractivity contribution in [2.45, 2.75) is 57.8 Å². The molecule has 0 fully saturated rings. The lowest BCUT2D eigenvalue weighted by atomic mass is 10.1. The molecule has 0 N–H and O–H groups in total. The highest BCUT2D eigenvalue weighted by Crippen LogP contribution is 2.44. The van der Waals surface area contributed by atoms with Gasteiger partial charge in [0.1, 0.15) is 0 Å². The van der Waals surface area contributed by atoms with E-state index in [0.29, 0.717) is 0 Å². The van der Waals surface area contributed by atoms with Gasteiger partial charge in [-0.2, -0.15) is 0 Å². The first-order chi connectivity index (χ1) is 11.2. The summed E-state index contributed by atoms with van der Waals surface area (Å²) in [7, 11) is -1.81. The summed E-state index contributed by atoms with van der Waals surface area (Å²) < 4.78 is 8.41. The largest absolute Gasteiger partial charge is 0.410 e. The Labute approximate surface area is 145 Å². The van der Waals surface area contributed by atoms with Gasteiger partial charge in [0, 0.05) is 12.3 Å². The van der Waals surface area contributed by atoms with Crippen LogP contribution in [0.4, 0.5) is 0 Å². The molecule has 1 aliphatic rings. The van der Waals surface area contributed by atoms with Crippen molar-refractivity contribution in [3.8, 4) is 5.69 Å². The number of hydrogen-bond donors (Lipinski definition) is 0. The molecule has 24 heavy (non-hydrogen) atoms. The van der Waals surface area contributed by atoms with Crippen molar-refractivity contribution in [3.63, 3.8) is 0 Å². The molecule has 0 aliphatic heterocycles. The second-order valence-corrected chi connectivity index (χ2v) is 12.9. The summed E-state index contributed by atoms with van der Waals surface area (Å²) in [6.07, 6.45) is 3.97. The van der Waals surface area contributed by atoms with Crippen LogP contribution in [0, 0.1) is 0 Å². The van der Waals surface area contributed by atoms with Gasteiger partial charge >= 0.3 is 0 Å². The molecule has 0 radical (unpaired) electrons. The zero-order valence-corrected chi connectivity index (χ0v) is 16.3. The average molecular weight is 342 g/mol. The highest BCUT2D eigenvalue weighted by atomic mass is 28.4. The molecule has 0 bridgehead atoms. The normalized spacial score (nSPS) is 17.8. The maximum atomic E-state index is 12.2. The minimum absolute atomic E-state index is 0.0136. The van der Waals surface area contributed by atoms with Crippen LogP contribution in [-0.2, 0) is 10.8 Å². The zero-order chi connectivity index (χ0) is 17.5. The minimum atomic E-state index is -1.81. The highest BCUT2D eigenvalue weighted by Gasteiger charge is 2.41. The van der Waals surface area contributed by atoms with Crippen LogP contribution in [0.3, 0.4) is 0 Å². The molecule has 1 aromatic carbocycles. The molecular formula is C20H27NO2Si. The van der Waals surface area contributed by atoms with Gasteiger partial charge in [0.05, 0.1) is 11.8 Å². The Morgan fingerprint density at radius 3 is 2.54 bits per heavy atom. The summed E-state index contributed by atoms with van der Waals surface area (Å²) in [5, 5.41) is 0.198. The maximum Gasteiger partial charge on any atom is 0.255 e. The van der Waals surface area contributed by atoms with Crippen molar-refractivity contribution in [2.75, 3.05) is 0 Å². The molecule has 0 amide bonds. The van der Waals surface area contributed by atoms with E-state index in [4.69, 9.17) is 4.43 Å². The van der Waals surface area contributed by atoms with E-state index in [1.165, 1.54) is 11.1 Å². The van der Waals surface area contributed by atoms with E-state index >= 15 is 0 Å². The second kappa shape index (κ2) is 6.01. The molecule has 0 saturated carbocycles. The number of aromatic nitrogens is 1. The molecule has 1 aliphatic carbocycles. The molecule has 1 unspecified atom stereocenters. The van der Waals surface area contributed by atoms with Crippen LogP contribution in [0.1, 0.15) is 44.4 Å². The first-order valence-electron chi connectivity index (χ1n) is 8.68. The summed E-state index contributed by atoms with van der Waals surface area (Å²) in [6, 6.07) is 11.5. The van der Waals surface area contributed by atoms with Crippen LogP contribution in [0.25, 0.3) is 5.69 Å². The average Bonchev–Trinajstić information content (AvgIpc) is 2.89. The van der Waals surface area contributed by atoms with E-state index in [2.05, 4.69) is 39.9 Å². The van der Waals surface area contributed by atoms with Crippen molar-refractivity contribution in [1.29, 1.82) is 0 Å². The lowest BCUT2D eigenvalue weighted by molar-refractivity contribution is 0.185. The summed E-state index contributed by atoms with van der Waals surface area (Å²) in [5.74, 6) is 0. The first kappa shape index (κ1) is 17.2. The molecule has 1 aromatic heterocycles. The van der Waals surface area contributed by atoms with Gasteiger partial charge in [-0.15, -0.1) is 0 Å². The van der Waals surface area contributed by atoms with Crippen molar-refractivity contribution < 1.29 is 4.43 Å². The first-order valence-corrected chi connectivity index (χ1v) is 11.6. The number of hydrogen-bond acceptors (Lipinski definition) is 2. The standard InChI is InChI=1S/C20H27NO2Si/c1-20(2,3)24(4,5)23-18-13-12-15-16(18)9-8-10-17(15)21-14-7-6-11-19(21)22/h6-11,14,18H,12-13H2,1-5H3. The van der Waals surface area contributed by atoms with E-state index in [9.17, 15) is 4.79 Å². The van der Waals surface area contributed by atoms with Gasteiger partial charge in [-0.3, -0.25) is 9.36 Å². The summed E-state index contributed by atoms with van der Waals surface area (Å²) >= 11 is 0. The van der Waals surface area contributed by atoms with Gasteiger partial charge in [0.15, 0.2) is 8.32 Å². The fourth-order valence-electron chi connectivity index (χ4n) is 3.10. The quantitative estimate of drug-likeness (QED) is 0.748. The van der Waals surface area contributed by atoms with Crippen molar-refractivity contribution in [3.05, 3.63) is 64.1 Å². The number of pyridine rings is 1. The van der Waals surface area contributed by atoms with Gasteiger partial charge in [-0.1, -0.05) is 39.0 Å². The Hall–Kier alpha value is -1.65. The molecular weight excluding hydrogens is 314 g/mol. The van der Waals surface area contributed by atoms with Gasteiger partial charge in [-0.05, 0) is 54.2 Å². The third-order valence-electron chi connectivity index (χ3n) is 5.52. The number of rotatable bonds is 3. The molecule has 1 atom stereocenters. The zero-order valence-electron chi connectivity index (χ0n) is 15.3. The Balaban J connectivity index is 1.98. The lowest BCUT2D eigenvalue weighted by Crippen LogP contribution is -2.41. The van der Waals surface area contributed by atoms with E-state index in [-0.39, 0.29) is 16.7 Å². The smallest absolute Gasteiger partial charge is 0.255 e. The summed E-state index contributed by atoms with van der Waals surface area (Å²) in [4.78, 5) is 12.2. The predicted octanol–water partition coefficient (Wildman–Crippen LogP) is 4.85. The molecule has 2 aromatic rings. The Bertz CT molecular complexity index is 802.